The lowest BCUT2D eigenvalue weighted by atomic mass is 10.2. The number of halogens is 1. The van der Waals surface area contributed by atoms with Crippen molar-refractivity contribution < 1.29 is 13.9 Å². The number of rotatable bonds is 8. The van der Waals surface area contributed by atoms with Crippen LogP contribution in [-0.2, 0) is 6.54 Å². The summed E-state index contributed by atoms with van der Waals surface area (Å²) < 4.78 is 27.5. The van der Waals surface area contributed by atoms with E-state index in [1.54, 1.807) is 30.8 Å². The molecule has 1 N–H and O–H groups in total. The maximum atomic E-state index is 14.6. The van der Waals surface area contributed by atoms with E-state index >= 15 is 0 Å². The molecule has 6 nitrogen and oxygen atoms in total. The van der Waals surface area contributed by atoms with Gasteiger partial charge in [0.25, 0.3) is 0 Å². The molecule has 0 saturated heterocycles. The summed E-state index contributed by atoms with van der Waals surface area (Å²) in [5.41, 5.74) is 2.35. The summed E-state index contributed by atoms with van der Waals surface area (Å²) in [7, 11) is 1.60. The fourth-order valence-corrected chi connectivity index (χ4v) is 4.49. The van der Waals surface area contributed by atoms with Crippen LogP contribution in [0.4, 0.5) is 10.2 Å². The smallest absolute Gasteiger partial charge is 0.147 e. The molecule has 0 saturated carbocycles. The predicted octanol–water partition coefficient (Wildman–Crippen LogP) is 5.52. The molecule has 4 aromatic rings. The lowest BCUT2D eigenvalue weighted by Gasteiger charge is -2.18. The zero-order chi connectivity index (χ0) is 22.0. The maximum Gasteiger partial charge on any atom is 0.147 e. The van der Waals surface area contributed by atoms with Gasteiger partial charge in [0.2, 0.25) is 0 Å². The molecule has 0 aliphatic rings. The summed E-state index contributed by atoms with van der Waals surface area (Å²) in [6, 6.07) is 8.97. The number of anilines is 1. The monoisotopic (exact) mass is 440 g/mol. The van der Waals surface area contributed by atoms with E-state index in [-0.39, 0.29) is 11.9 Å². The average Bonchev–Trinajstić information content (AvgIpc) is 3.34. The number of methoxy groups -OCH3 is 1. The number of aromatic nitrogens is 3. The van der Waals surface area contributed by atoms with Crippen molar-refractivity contribution >= 4 is 28.1 Å². The van der Waals surface area contributed by atoms with E-state index in [0.717, 1.165) is 33.2 Å². The Balaban J connectivity index is 1.54. The molecule has 4 rings (SSSR count). The molecule has 1 aromatic carbocycles. The van der Waals surface area contributed by atoms with Gasteiger partial charge in [-0.15, -0.1) is 11.3 Å². The molecule has 0 radical (unpaired) electrons. The van der Waals surface area contributed by atoms with E-state index < -0.39 is 0 Å². The largest absolute Gasteiger partial charge is 0.496 e. The Morgan fingerprint density at radius 3 is 2.84 bits per heavy atom. The molecule has 1 unspecified atom stereocenters. The first-order valence-electron chi connectivity index (χ1n) is 10.1. The minimum Gasteiger partial charge on any atom is -0.496 e. The zero-order valence-corrected chi connectivity index (χ0v) is 18.8. The number of benzene rings is 1. The van der Waals surface area contributed by atoms with Gasteiger partial charge in [0.15, 0.2) is 0 Å². The van der Waals surface area contributed by atoms with Crippen LogP contribution in [-0.4, -0.2) is 34.3 Å². The molecule has 0 fully saturated rings. The van der Waals surface area contributed by atoms with Gasteiger partial charge >= 0.3 is 0 Å². The van der Waals surface area contributed by atoms with E-state index in [2.05, 4.69) is 15.3 Å². The van der Waals surface area contributed by atoms with E-state index in [4.69, 9.17) is 9.47 Å². The normalized spacial score (nSPS) is 12.2. The number of ether oxygens (including phenoxy) is 2. The highest BCUT2D eigenvalue weighted by molar-refractivity contribution is 7.13. The van der Waals surface area contributed by atoms with Crippen molar-refractivity contribution in [2.45, 2.75) is 33.4 Å². The Bertz CT molecular complexity index is 1200. The van der Waals surface area contributed by atoms with Crippen molar-refractivity contribution in [2.75, 3.05) is 19.0 Å². The van der Waals surface area contributed by atoms with Crippen LogP contribution in [0.5, 0.6) is 11.5 Å². The topological polar surface area (TPSA) is 61.2 Å². The van der Waals surface area contributed by atoms with Crippen LogP contribution in [0.1, 0.15) is 19.5 Å². The van der Waals surface area contributed by atoms with Gasteiger partial charge in [0.05, 0.1) is 29.8 Å². The fourth-order valence-electron chi connectivity index (χ4n) is 3.69. The van der Waals surface area contributed by atoms with E-state index in [9.17, 15) is 4.39 Å². The van der Waals surface area contributed by atoms with Gasteiger partial charge in [-0.05, 0) is 39.0 Å². The summed E-state index contributed by atoms with van der Waals surface area (Å²) >= 11 is 1.58. The molecule has 0 amide bonds. The van der Waals surface area contributed by atoms with Crippen LogP contribution in [0.2, 0.25) is 0 Å². The number of aryl methyl sites for hydroxylation is 1. The summed E-state index contributed by atoms with van der Waals surface area (Å²) in [6.45, 7) is 7.18. The summed E-state index contributed by atoms with van der Waals surface area (Å²) in [5.74, 6) is 1.97. The molecule has 0 spiro atoms. The molecule has 162 valence electrons. The average molecular weight is 441 g/mol. The van der Waals surface area contributed by atoms with Gasteiger partial charge < -0.3 is 19.4 Å². The van der Waals surface area contributed by atoms with Crippen molar-refractivity contribution in [3.63, 3.8) is 0 Å². The van der Waals surface area contributed by atoms with E-state index in [1.807, 2.05) is 48.9 Å². The maximum absolute atomic E-state index is 14.6. The fraction of sp³-hybridized carbons (Fsp3) is 0.304. The second-order valence-electron chi connectivity index (χ2n) is 7.32. The summed E-state index contributed by atoms with van der Waals surface area (Å²) in [6.07, 6.45) is 1.55. The molecule has 0 aliphatic heterocycles. The van der Waals surface area contributed by atoms with Crippen molar-refractivity contribution in [1.82, 2.24) is 14.5 Å². The third-order valence-corrected chi connectivity index (χ3v) is 5.98. The number of fused-ring (bicyclic) bond motifs is 1. The number of thiophene rings is 1. The third-order valence-electron chi connectivity index (χ3n) is 5.05. The van der Waals surface area contributed by atoms with Crippen molar-refractivity contribution in [3.8, 4) is 22.1 Å². The Morgan fingerprint density at radius 2 is 2.06 bits per heavy atom. The van der Waals surface area contributed by atoms with Gasteiger partial charge in [-0.25, -0.2) is 14.4 Å². The Labute approximate surface area is 184 Å². The molecule has 3 aromatic heterocycles. The van der Waals surface area contributed by atoms with Crippen molar-refractivity contribution in [3.05, 3.63) is 53.6 Å². The number of nitrogens with one attached hydrogen (secondary N) is 1. The first kappa shape index (κ1) is 21.1. The second-order valence-corrected chi connectivity index (χ2v) is 8.23. The number of hydrogen-bond acceptors (Lipinski definition) is 6. The minimum absolute atomic E-state index is 0.00460. The highest BCUT2D eigenvalue weighted by Gasteiger charge is 2.16. The Morgan fingerprint density at radius 1 is 1.23 bits per heavy atom. The van der Waals surface area contributed by atoms with Gasteiger partial charge in [0, 0.05) is 41.2 Å². The van der Waals surface area contributed by atoms with Gasteiger partial charge in [-0.1, -0.05) is 0 Å². The molecular weight excluding hydrogens is 415 g/mol. The zero-order valence-electron chi connectivity index (χ0n) is 18.0. The Hall–Kier alpha value is -3.13. The van der Waals surface area contributed by atoms with E-state index in [1.165, 1.54) is 6.07 Å². The van der Waals surface area contributed by atoms with Crippen LogP contribution in [0, 0.1) is 12.7 Å². The molecular formula is C23H25FN4O2S. The van der Waals surface area contributed by atoms with E-state index in [0.29, 0.717) is 24.4 Å². The number of hydrogen-bond donors (Lipinski definition) is 1. The standard InChI is InChI=1S/C23H25FN4O2S/c1-5-30-16-9-21(31-12-16)19-10-22(26-13-25-19)27-14(2)11-28-15(3)8-17-20(29-4)7-6-18(24)23(17)28/h6-10,12-14H,5,11H2,1-4H3,(H,25,26,27). The molecule has 1 atom stereocenters. The molecule has 8 heteroatoms. The predicted molar refractivity (Wildman–Crippen MR) is 123 cm³/mol. The quantitative estimate of drug-likeness (QED) is 0.391. The highest BCUT2D eigenvalue weighted by Crippen LogP contribution is 2.32. The first-order chi connectivity index (χ1) is 15.0. The van der Waals surface area contributed by atoms with Crippen molar-refractivity contribution in [2.24, 2.45) is 0 Å². The lowest BCUT2D eigenvalue weighted by molar-refractivity contribution is 0.342. The van der Waals surface area contributed by atoms with Crippen LogP contribution in [0.3, 0.4) is 0 Å². The summed E-state index contributed by atoms with van der Waals surface area (Å²) in [5, 5.41) is 6.16. The van der Waals surface area contributed by atoms with Crippen LogP contribution in [0.15, 0.2) is 42.0 Å². The van der Waals surface area contributed by atoms with Gasteiger partial charge in [0.1, 0.15) is 29.5 Å². The number of nitrogens with zero attached hydrogens (tertiary/aromatic N) is 3. The highest BCUT2D eigenvalue weighted by atomic mass is 32.1. The SMILES string of the molecule is CCOc1csc(-c2cc(NC(C)Cn3c(C)cc4c(OC)ccc(F)c43)ncn2)c1. The minimum atomic E-state index is -0.261. The van der Waals surface area contributed by atoms with Crippen molar-refractivity contribution in [1.29, 1.82) is 0 Å². The lowest BCUT2D eigenvalue weighted by Crippen LogP contribution is -2.23. The Kier molecular flexibility index (Phi) is 6.08. The van der Waals surface area contributed by atoms with Crippen LogP contribution in [0.25, 0.3) is 21.5 Å². The molecule has 0 aliphatic carbocycles. The first-order valence-corrected chi connectivity index (χ1v) is 11.0. The third kappa shape index (κ3) is 4.34. The van der Waals surface area contributed by atoms with Crippen LogP contribution < -0.4 is 14.8 Å². The molecule has 0 bridgehead atoms. The van der Waals surface area contributed by atoms with Gasteiger partial charge in [-0.2, -0.15) is 0 Å². The van der Waals surface area contributed by atoms with Gasteiger partial charge in [-0.3, -0.25) is 0 Å². The second kappa shape index (κ2) is 8.93. The molecule has 3 heterocycles. The summed E-state index contributed by atoms with van der Waals surface area (Å²) in [4.78, 5) is 9.76. The molecule has 31 heavy (non-hydrogen) atoms. The van der Waals surface area contributed by atoms with Crippen LogP contribution >= 0.6 is 11.3 Å².